The van der Waals surface area contributed by atoms with Crippen LogP contribution in [-0.4, -0.2) is 28.6 Å². The molecule has 42 heavy (non-hydrogen) atoms. The summed E-state index contributed by atoms with van der Waals surface area (Å²) in [4.78, 5) is 0. The van der Waals surface area contributed by atoms with Crippen LogP contribution in [0, 0.1) is 5.82 Å². The predicted molar refractivity (Wildman–Crippen MR) is 174 cm³/mol. The summed E-state index contributed by atoms with van der Waals surface area (Å²) in [7, 11) is 1.91. The molecule has 2 aromatic carbocycles. The molecule has 2 atom stereocenters. The second-order valence-corrected chi connectivity index (χ2v) is 12.4. The van der Waals surface area contributed by atoms with Crippen molar-refractivity contribution in [3.8, 4) is 11.3 Å². The van der Waals surface area contributed by atoms with Gasteiger partial charge in [0.25, 0.3) is 0 Å². The second-order valence-electron chi connectivity index (χ2n) is 12.4. The van der Waals surface area contributed by atoms with Crippen LogP contribution < -0.4 is 4.57 Å². The number of allylic oxidation sites excluding steroid dienone is 3. The summed E-state index contributed by atoms with van der Waals surface area (Å²) in [6.45, 7) is 21.6. The zero-order valence-electron chi connectivity index (χ0n) is 26.7. The Kier molecular flexibility index (Phi) is 7.37. The SMILES string of the molecule is C=C(C(C)=[N+](C=CC)C=CC1(CC)[n+]2ccc3cccc4c3c2-c2c(ccc(F)c2C4(C)C)C1(C)CC)N(C)N=CC. The summed E-state index contributed by atoms with van der Waals surface area (Å²) in [5, 5.41) is 8.62. The van der Waals surface area contributed by atoms with Gasteiger partial charge in [-0.1, -0.05) is 58.5 Å². The van der Waals surface area contributed by atoms with E-state index in [9.17, 15) is 0 Å². The van der Waals surface area contributed by atoms with E-state index in [0.717, 1.165) is 41.1 Å². The van der Waals surface area contributed by atoms with E-state index in [1.165, 1.54) is 21.9 Å². The first-order valence-corrected chi connectivity index (χ1v) is 15.1. The number of hydrazone groups is 1. The minimum atomic E-state index is -0.458. The maximum atomic E-state index is 16.0. The Labute approximate surface area is 250 Å². The highest BCUT2D eigenvalue weighted by molar-refractivity contribution is 6.01. The van der Waals surface area contributed by atoms with Gasteiger partial charge in [0.1, 0.15) is 11.5 Å². The van der Waals surface area contributed by atoms with E-state index in [1.807, 2.05) is 27.0 Å². The van der Waals surface area contributed by atoms with Gasteiger partial charge in [0.2, 0.25) is 16.9 Å². The van der Waals surface area contributed by atoms with Gasteiger partial charge in [-0.15, -0.1) is 0 Å². The third-order valence-corrected chi connectivity index (χ3v) is 10.2. The maximum Gasteiger partial charge on any atom is 0.222 e. The first-order valence-electron chi connectivity index (χ1n) is 15.1. The van der Waals surface area contributed by atoms with Crippen LogP contribution in [0.25, 0.3) is 22.0 Å². The number of nitrogens with zero attached hydrogens (tertiary/aromatic N) is 4. The lowest BCUT2D eigenvalue weighted by Crippen LogP contribution is -2.68. The van der Waals surface area contributed by atoms with Gasteiger partial charge in [-0.3, -0.25) is 5.01 Å². The van der Waals surface area contributed by atoms with E-state index in [2.05, 4.69) is 117 Å². The second kappa shape index (κ2) is 10.4. The number of aromatic nitrogens is 1. The van der Waals surface area contributed by atoms with Gasteiger partial charge in [-0.2, -0.15) is 14.2 Å². The average Bonchev–Trinajstić information content (AvgIpc) is 2.98. The van der Waals surface area contributed by atoms with E-state index >= 15 is 4.39 Å². The molecule has 5 rings (SSSR count). The molecule has 0 spiro atoms. The smallest absolute Gasteiger partial charge is 0.222 e. The van der Waals surface area contributed by atoms with Crippen molar-refractivity contribution in [3.05, 3.63) is 102 Å². The number of hydrogen-bond acceptors (Lipinski definition) is 2. The van der Waals surface area contributed by atoms with Crippen LogP contribution in [0.3, 0.4) is 0 Å². The fraction of sp³-hybridized carbons (Fsp3) is 0.378. The van der Waals surface area contributed by atoms with Crippen molar-refractivity contribution in [1.29, 1.82) is 0 Å². The van der Waals surface area contributed by atoms with Crippen molar-refractivity contribution >= 4 is 22.7 Å². The van der Waals surface area contributed by atoms with E-state index in [4.69, 9.17) is 0 Å². The van der Waals surface area contributed by atoms with Crippen molar-refractivity contribution in [2.45, 2.75) is 84.6 Å². The highest BCUT2D eigenvalue weighted by Gasteiger charge is 2.61. The topological polar surface area (TPSA) is 22.5 Å². The molecule has 0 fully saturated rings. The molecule has 2 unspecified atom stereocenters. The molecule has 0 saturated carbocycles. The third-order valence-electron chi connectivity index (χ3n) is 10.2. The Balaban J connectivity index is 1.88. The first kappa shape index (κ1) is 29.6. The molecule has 4 nitrogen and oxygen atoms in total. The normalized spacial score (nSPS) is 22.8. The highest BCUT2D eigenvalue weighted by Crippen LogP contribution is 2.57. The molecule has 2 heterocycles. The Bertz CT molecular complexity index is 1720. The minimum Gasteiger partial charge on any atom is -0.263 e. The molecular weight excluding hydrogens is 519 g/mol. The first-order chi connectivity index (χ1) is 19.9. The molecule has 1 aliphatic carbocycles. The van der Waals surface area contributed by atoms with Crippen LogP contribution in [0.1, 0.15) is 84.9 Å². The lowest BCUT2D eigenvalue weighted by atomic mass is 9.56. The van der Waals surface area contributed by atoms with Crippen molar-refractivity contribution in [3.63, 3.8) is 0 Å². The van der Waals surface area contributed by atoms with E-state index in [1.54, 1.807) is 17.3 Å². The van der Waals surface area contributed by atoms with Gasteiger partial charge < -0.3 is 0 Å². The van der Waals surface area contributed by atoms with Crippen LogP contribution in [0.15, 0.2) is 84.5 Å². The molecular formula is C37H45FN4+2. The Hall–Kier alpha value is -3.86. The molecule has 0 saturated heterocycles. The quantitative estimate of drug-likeness (QED) is 0.153. The lowest BCUT2D eigenvalue weighted by molar-refractivity contribution is -0.755. The fourth-order valence-corrected chi connectivity index (χ4v) is 7.65. The van der Waals surface area contributed by atoms with Gasteiger partial charge in [0, 0.05) is 43.7 Å². The van der Waals surface area contributed by atoms with Gasteiger partial charge in [-0.25, -0.2) is 4.39 Å². The van der Waals surface area contributed by atoms with Crippen LogP contribution in [0.5, 0.6) is 0 Å². The zero-order valence-corrected chi connectivity index (χ0v) is 26.7. The molecule has 0 bridgehead atoms. The minimum absolute atomic E-state index is 0.128. The summed E-state index contributed by atoms with van der Waals surface area (Å²) in [6, 6.07) is 12.5. The zero-order chi connectivity index (χ0) is 30.6. The Morgan fingerprint density at radius 2 is 1.79 bits per heavy atom. The molecule has 1 aromatic heterocycles. The molecule has 2 aliphatic rings. The number of halogens is 1. The van der Waals surface area contributed by atoms with Gasteiger partial charge in [0.05, 0.1) is 22.4 Å². The number of hydrogen-bond donors (Lipinski definition) is 0. The largest absolute Gasteiger partial charge is 0.263 e. The van der Waals surface area contributed by atoms with Crippen molar-refractivity contribution < 1.29 is 13.5 Å². The van der Waals surface area contributed by atoms with Crippen molar-refractivity contribution in [2.75, 3.05) is 7.05 Å². The van der Waals surface area contributed by atoms with Gasteiger partial charge in [-0.05, 0) is 55.8 Å². The van der Waals surface area contributed by atoms with E-state index in [-0.39, 0.29) is 11.2 Å². The molecule has 5 heteroatoms. The Morgan fingerprint density at radius 3 is 2.43 bits per heavy atom. The summed E-state index contributed by atoms with van der Waals surface area (Å²) in [5.41, 5.74) is 6.03. The molecule has 218 valence electrons. The summed E-state index contributed by atoms with van der Waals surface area (Å²) in [5.74, 6) is -0.128. The molecule has 0 amide bonds. The molecule has 0 radical (unpaired) electrons. The van der Waals surface area contributed by atoms with Crippen LogP contribution in [-0.2, 0) is 16.4 Å². The number of rotatable bonds is 8. The summed E-state index contributed by atoms with van der Waals surface area (Å²) < 4.78 is 20.6. The van der Waals surface area contributed by atoms with Crippen LogP contribution in [0.2, 0.25) is 0 Å². The highest BCUT2D eigenvalue weighted by atomic mass is 19.1. The molecule has 0 N–H and O–H groups in total. The average molecular weight is 565 g/mol. The monoisotopic (exact) mass is 564 g/mol. The van der Waals surface area contributed by atoms with Crippen LogP contribution >= 0.6 is 0 Å². The van der Waals surface area contributed by atoms with Gasteiger partial charge in [0.15, 0.2) is 18.6 Å². The number of pyridine rings is 1. The van der Waals surface area contributed by atoms with Gasteiger partial charge >= 0.3 is 0 Å². The lowest BCUT2D eigenvalue weighted by Gasteiger charge is -2.49. The van der Waals surface area contributed by atoms with Crippen LogP contribution in [0.4, 0.5) is 4.39 Å². The maximum absolute atomic E-state index is 16.0. The molecule has 3 aromatic rings. The molecule has 1 aliphatic heterocycles. The van der Waals surface area contributed by atoms with E-state index in [0.29, 0.717) is 0 Å². The van der Waals surface area contributed by atoms with Crippen molar-refractivity contribution in [1.82, 2.24) is 5.01 Å². The summed E-state index contributed by atoms with van der Waals surface area (Å²) in [6.07, 6.45) is 14.4. The Morgan fingerprint density at radius 1 is 1.05 bits per heavy atom. The fourth-order valence-electron chi connectivity index (χ4n) is 7.65. The van der Waals surface area contributed by atoms with E-state index < -0.39 is 11.0 Å². The third kappa shape index (κ3) is 3.89. The summed E-state index contributed by atoms with van der Waals surface area (Å²) >= 11 is 0. The number of benzene rings is 2. The van der Waals surface area contributed by atoms with Crippen molar-refractivity contribution in [2.24, 2.45) is 5.10 Å². The predicted octanol–water partition coefficient (Wildman–Crippen LogP) is 8.33. The standard InChI is InChI=1S/C37H45FN4/c1-11-22-41(26(6)25(5)40(10)39-14-4)24-21-37(13-3)36(9,12-2)29-18-19-30(38)33-32(29)34-31-27(20-23-42(34)37)16-15-17-28(31)35(33,7)8/h11,14-24H,5,12-13H2,1-4,6-10H3/q+2.